The first-order chi connectivity index (χ1) is 12.1. The van der Waals surface area contributed by atoms with Crippen LogP contribution in [0.15, 0.2) is 54.3 Å². The fraction of sp³-hybridized carbons (Fsp3) is 0.105. The van der Waals surface area contributed by atoms with Gasteiger partial charge in [-0.15, -0.1) is 11.3 Å². The largest absolute Gasteiger partial charge is 0.318 e. The van der Waals surface area contributed by atoms with Gasteiger partial charge in [0.15, 0.2) is 0 Å². The molecule has 4 aromatic rings. The van der Waals surface area contributed by atoms with Crippen molar-refractivity contribution in [1.82, 2.24) is 19.5 Å². The smallest absolute Gasteiger partial charge is 0.144 e. The van der Waals surface area contributed by atoms with Crippen LogP contribution in [0.25, 0.3) is 27.6 Å². The van der Waals surface area contributed by atoms with E-state index in [-0.39, 0.29) is 5.82 Å². The standard InChI is InChI=1S/C19H15FN4S/c1-12-8-16(13(2)24(12)15-5-3-4-14(20)9-15)18-11-25-19(23-18)17-10-21-6-7-22-17/h3-11H,1-2H3. The summed E-state index contributed by atoms with van der Waals surface area (Å²) in [5.74, 6) is -0.245. The van der Waals surface area contributed by atoms with E-state index < -0.39 is 0 Å². The number of thiazole rings is 1. The van der Waals surface area contributed by atoms with Crippen molar-refractivity contribution < 1.29 is 4.39 Å². The average molecular weight is 350 g/mol. The molecular weight excluding hydrogens is 335 g/mol. The summed E-state index contributed by atoms with van der Waals surface area (Å²) in [4.78, 5) is 13.1. The van der Waals surface area contributed by atoms with Crippen molar-refractivity contribution in [3.63, 3.8) is 0 Å². The third-order valence-corrected chi connectivity index (χ3v) is 4.92. The summed E-state index contributed by atoms with van der Waals surface area (Å²) < 4.78 is 15.6. The summed E-state index contributed by atoms with van der Waals surface area (Å²) in [5.41, 5.74) is 5.56. The maximum absolute atomic E-state index is 13.6. The Morgan fingerprint density at radius 2 is 1.96 bits per heavy atom. The number of benzene rings is 1. The molecule has 0 radical (unpaired) electrons. The van der Waals surface area contributed by atoms with E-state index >= 15 is 0 Å². The Labute approximate surface area is 148 Å². The molecule has 0 amide bonds. The van der Waals surface area contributed by atoms with Crippen LogP contribution in [0.2, 0.25) is 0 Å². The second kappa shape index (κ2) is 6.22. The van der Waals surface area contributed by atoms with Gasteiger partial charge >= 0.3 is 0 Å². The van der Waals surface area contributed by atoms with Crippen molar-refractivity contribution in [2.75, 3.05) is 0 Å². The van der Waals surface area contributed by atoms with Gasteiger partial charge in [0.05, 0.1) is 11.9 Å². The normalized spacial score (nSPS) is 11.0. The molecule has 3 aromatic heterocycles. The van der Waals surface area contributed by atoms with Crippen molar-refractivity contribution >= 4 is 11.3 Å². The zero-order valence-electron chi connectivity index (χ0n) is 13.8. The van der Waals surface area contributed by atoms with E-state index in [1.54, 1.807) is 24.7 Å². The van der Waals surface area contributed by atoms with Crippen LogP contribution in [0.5, 0.6) is 0 Å². The van der Waals surface area contributed by atoms with Gasteiger partial charge in [-0.2, -0.15) is 0 Å². The highest BCUT2D eigenvalue weighted by Gasteiger charge is 2.16. The molecule has 0 bridgehead atoms. The minimum absolute atomic E-state index is 0.245. The molecule has 0 fully saturated rings. The monoisotopic (exact) mass is 350 g/mol. The molecule has 0 atom stereocenters. The molecule has 0 N–H and O–H groups in total. The summed E-state index contributed by atoms with van der Waals surface area (Å²) in [6, 6.07) is 8.69. The minimum Gasteiger partial charge on any atom is -0.318 e. The van der Waals surface area contributed by atoms with Crippen molar-refractivity contribution in [3.8, 4) is 27.6 Å². The quantitative estimate of drug-likeness (QED) is 0.532. The molecule has 0 aliphatic carbocycles. The molecule has 4 rings (SSSR count). The van der Waals surface area contributed by atoms with Gasteiger partial charge in [-0.05, 0) is 38.1 Å². The topological polar surface area (TPSA) is 43.6 Å². The third-order valence-electron chi connectivity index (χ3n) is 4.06. The molecule has 0 saturated carbocycles. The Morgan fingerprint density at radius 3 is 2.72 bits per heavy atom. The second-order valence-electron chi connectivity index (χ2n) is 5.73. The third kappa shape index (κ3) is 2.85. The maximum Gasteiger partial charge on any atom is 0.144 e. The maximum atomic E-state index is 13.6. The molecule has 124 valence electrons. The van der Waals surface area contributed by atoms with Crippen molar-refractivity contribution in [2.24, 2.45) is 0 Å². The number of hydrogen-bond donors (Lipinski definition) is 0. The van der Waals surface area contributed by atoms with E-state index in [4.69, 9.17) is 4.98 Å². The average Bonchev–Trinajstić information content (AvgIpc) is 3.20. The predicted octanol–water partition coefficient (Wildman–Crippen LogP) is 4.81. The Balaban J connectivity index is 1.78. The number of rotatable bonds is 3. The Bertz CT molecular complexity index is 1040. The highest BCUT2D eigenvalue weighted by molar-refractivity contribution is 7.13. The molecule has 0 saturated heterocycles. The van der Waals surface area contributed by atoms with Crippen molar-refractivity contribution in [2.45, 2.75) is 13.8 Å². The zero-order chi connectivity index (χ0) is 17.4. The molecule has 6 heteroatoms. The SMILES string of the molecule is Cc1cc(-c2csc(-c3cnccn3)n2)c(C)n1-c1cccc(F)c1. The van der Waals surface area contributed by atoms with Gasteiger partial charge in [0.1, 0.15) is 16.5 Å². The Morgan fingerprint density at radius 1 is 1.08 bits per heavy atom. The second-order valence-corrected chi connectivity index (χ2v) is 6.59. The lowest BCUT2D eigenvalue weighted by Crippen LogP contribution is -1.99. The molecule has 0 spiro atoms. The van der Waals surface area contributed by atoms with Crippen LogP contribution in [0, 0.1) is 19.7 Å². The molecule has 1 aromatic carbocycles. The van der Waals surface area contributed by atoms with Gasteiger partial charge in [-0.3, -0.25) is 9.97 Å². The predicted molar refractivity (Wildman–Crippen MR) is 97.3 cm³/mol. The number of aryl methyl sites for hydroxylation is 1. The van der Waals surface area contributed by atoms with Crippen LogP contribution in [-0.4, -0.2) is 19.5 Å². The number of nitrogens with zero attached hydrogens (tertiary/aromatic N) is 4. The lowest BCUT2D eigenvalue weighted by molar-refractivity contribution is 0.626. The number of aromatic nitrogens is 4. The zero-order valence-corrected chi connectivity index (χ0v) is 14.6. The van der Waals surface area contributed by atoms with Crippen molar-refractivity contribution in [1.29, 1.82) is 0 Å². The molecular formula is C19H15FN4S. The van der Waals surface area contributed by atoms with E-state index in [1.807, 2.05) is 29.9 Å². The minimum atomic E-state index is -0.245. The first-order valence-electron chi connectivity index (χ1n) is 7.80. The fourth-order valence-electron chi connectivity index (χ4n) is 2.96. The van der Waals surface area contributed by atoms with Gasteiger partial charge in [-0.25, -0.2) is 9.37 Å². The summed E-state index contributed by atoms with van der Waals surface area (Å²) in [7, 11) is 0. The highest BCUT2D eigenvalue weighted by atomic mass is 32.1. The van der Waals surface area contributed by atoms with Crippen LogP contribution in [-0.2, 0) is 0 Å². The summed E-state index contributed by atoms with van der Waals surface area (Å²) in [5, 5.41) is 2.85. The molecule has 0 aliphatic rings. The van der Waals surface area contributed by atoms with E-state index in [9.17, 15) is 4.39 Å². The van der Waals surface area contributed by atoms with Gasteiger partial charge in [0.2, 0.25) is 0 Å². The number of halogens is 1. The first kappa shape index (κ1) is 15.7. The van der Waals surface area contributed by atoms with Crippen LogP contribution in [0.3, 0.4) is 0 Å². The van der Waals surface area contributed by atoms with Crippen LogP contribution in [0.1, 0.15) is 11.4 Å². The number of hydrogen-bond acceptors (Lipinski definition) is 4. The summed E-state index contributed by atoms with van der Waals surface area (Å²) in [6.07, 6.45) is 5.01. The van der Waals surface area contributed by atoms with E-state index in [2.05, 4.69) is 16.0 Å². The van der Waals surface area contributed by atoms with E-state index in [0.717, 1.165) is 39.0 Å². The summed E-state index contributed by atoms with van der Waals surface area (Å²) >= 11 is 1.54. The van der Waals surface area contributed by atoms with Crippen LogP contribution in [0.4, 0.5) is 4.39 Å². The van der Waals surface area contributed by atoms with Gasteiger partial charge < -0.3 is 4.57 Å². The van der Waals surface area contributed by atoms with E-state index in [0.29, 0.717) is 0 Å². The van der Waals surface area contributed by atoms with Gasteiger partial charge in [0.25, 0.3) is 0 Å². The first-order valence-corrected chi connectivity index (χ1v) is 8.68. The fourth-order valence-corrected chi connectivity index (χ4v) is 3.74. The summed E-state index contributed by atoms with van der Waals surface area (Å²) in [6.45, 7) is 4.03. The molecule has 3 heterocycles. The molecule has 4 nitrogen and oxygen atoms in total. The molecule has 25 heavy (non-hydrogen) atoms. The Kier molecular flexibility index (Phi) is 3.89. The highest BCUT2D eigenvalue weighted by Crippen LogP contribution is 2.32. The van der Waals surface area contributed by atoms with Crippen LogP contribution >= 0.6 is 11.3 Å². The van der Waals surface area contributed by atoms with Crippen LogP contribution < -0.4 is 0 Å². The van der Waals surface area contributed by atoms with Gasteiger partial charge in [-0.1, -0.05) is 6.07 Å². The van der Waals surface area contributed by atoms with Crippen molar-refractivity contribution in [3.05, 3.63) is 71.5 Å². The lowest BCUT2D eigenvalue weighted by atomic mass is 10.2. The van der Waals surface area contributed by atoms with E-state index in [1.165, 1.54) is 23.5 Å². The van der Waals surface area contributed by atoms with Gasteiger partial charge in [0, 0.05) is 40.4 Å². The Hall–Kier alpha value is -2.86. The molecule has 0 aliphatic heterocycles. The molecule has 0 unspecified atom stereocenters. The lowest BCUT2D eigenvalue weighted by Gasteiger charge is -2.09.